The molecule has 0 spiro atoms. The summed E-state index contributed by atoms with van der Waals surface area (Å²) in [7, 11) is 1.16. The van der Waals surface area contributed by atoms with E-state index in [1.54, 1.807) is 39.0 Å². The van der Waals surface area contributed by atoms with E-state index in [1.165, 1.54) is 12.3 Å². The Morgan fingerprint density at radius 1 is 1.12 bits per heavy atom. The van der Waals surface area contributed by atoms with E-state index in [9.17, 15) is 9.59 Å². The van der Waals surface area contributed by atoms with Gasteiger partial charge in [0.25, 0.3) is 0 Å². The standard InChI is InChI=1S/C24H33ClN4O5/c1-15(2)12-24(6,26)14-33-19-9-8-16(10-18(19)25)17-11-20(28-27-13-17)29(21(30)32-7)22(31)34-23(3,4)5/h8-11,13,15H,12,14,26H2,1-7H3. The molecule has 2 aromatic rings. The van der Waals surface area contributed by atoms with Crippen molar-refractivity contribution in [1.29, 1.82) is 0 Å². The molecule has 34 heavy (non-hydrogen) atoms. The second-order valence-corrected chi connectivity index (χ2v) is 10.2. The molecule has 1 unspecified atom stereocenters. The molecule has 1 aromatic heterocycles. The minimum absolute atomic E-state index is 0.0531. The highest BCUT2D eigenvalue weighted by Crippen LogP contribution is 2.32. The van der Waals surface area contributed by atoms with Gasteiger partial charge in [0.15, 0.2) is 5.82 Å². The fourth-order valence-corrected chi connectivity index (χ4v) is 3.55. The zero-order valence-corrected chi connectivity index (χ0v) is 21.5. The van der Waals surface area contributed by atoms with Gasteiger partial charge in [-0.1, -0.05) is 31.5 Å². The number of hydrogen-bond acceptors (Lipinski definition) is 8. The molecule has 2 N–H and O–H groups in total. The van der Waals surface area contributed by atoms with E-state index in [0.717, 1.165) is 13.5 Å². The van der Waals surface area contributed by atoms with Crippen molar-refractivity contribution in [2.75, 3.05) is 18.6 Å². The van der Waals surface area contributed by atoms with Gasteiger partial charge in [-0.2, -0.15) is 10.00 Å². The highest BCUT2D eigenvalue weighted by atomic mass is 35.5. The lowest BCUT2D eigenvalue weighted by Gasteiger charge is -2.27. The molecule has 0 aliphatic rings. The summed E-state index contributed by atoms with van der Waals surface area (Å²) in [6, 6.07) is 6.73. The first-order chi connectivity index (χ1) is 15.7. The van der Waals surface area contributed by atoms with Gasteiger partial charge in [0, 0.05) is 11.1 Å². The molecule has 0 bridgehead atoms. The minimum atomic E-state index is -0.950. The van der Waals surface area contributed by atoms with Crippen LogP contribution in [0.1, 0.15) is 48.0 Å². The Hall–Kier alpha value is -2.91. The number of hydrogen-bond donors (Lipinski definition) is 1. The average Bonchev–Trinajstić information content (AvgIpc) is 2.70. The molecule has 0 saturated carbocycles. The van der Waals surface area contributed by atoms with Gasteiger partial charge in [0.2, 0.25) is 0 Å². The number of ether oxygens (including phenoxy) is 3. The van der Waals surface area contributed by atoms with E-state index in [2.05, 4.69) is 24.0 Å². The summed E-state index contributed by atoms with van der Waals surface area (Å²) in [5.74, 6) is 0.885. The number of nitrogens with two attached hydrogens (primary N) is 1. The molecule has 2 amide bonds. The van der Waals surface area contributed by atoms with Crippen molar-refractivity contribution in [3.05, 3.63) is 35.5 Å². The van der Waals surface area contributed by atoms with E-state index in [1.807, 2.05) is 6.92 Å². The molecule has 1 aromatic carbocycles. The summed E-state index contributed by atoms with van der Waals surface area (Å²) in [5, 5.41) is 8.22. The molecule has 0 fully saturated rings. The number of rotatable bonds is 7. The van der Waals surface area contributed by atoms with E-state index in [0.29, 0.717) is 39.3 Å². The highest BCUT2D eigenvalue weighted by Gasteiger charge is 2.31. The van der Waals surface area contributed by atoms with Crippen LogP contribution in [0.25, 0.3) is 11.1 Å². The first-order valence-corrected chi connectivity index (χ1v) is 11.3. The van der Waals surface area contributed by atoms with Crippen LogP contribution in [0.2, 0.25) is 5.02 Å². The Morgan fingerprint density at radius 2 is 1.79 bits per heavy atom. The molecule has 186 valence electrons. The van der Waals surface area contributed by atoms with Crippen LogP contribution in [-0.4, -0.2) is 47.2 Å². The average molecular weight is 493 g/mol. The summed E-state index contributed by atoms with van der Waals surface area (Å²) in [6.07, 6.45) is 0.412. The summed E-state index contributed by atoms with van der Waals surface area (Å²) in [6.45, 7) is 11.5. The maximum atomic E-state index is 12.6. The Kier molecular flexibility index (Phi) is 8.85. The number of carbonyl (C=O) groups excluding carboxylic acids is 2. The number of benzene rings is 1. The molecule has 0 radical (unpaired) electrons. The van der Waals surface area contributed by atoms with E-state index in [-0.39, 0.29) is 5.82 Å². The Labute approximate surface area is 205 Å². The van der Waals surface area contributed by atoms with E-state index < -0.39 is 23.3 Å². The van der Waals surface area contributed by atoms with Crippen molar-refractivity contribution in [1.82, 2.24) is 10.2 Å². The van der Waals surface area contributed by atoms with Crippen molar-refractivity contribution >= 4 is 29.6 Å². The van der Waals surface area contributed by atoms with Crippen molar-refractivity contribution in [3.8, 4) is 16.9 Å². The summed E-state index contributed by atoms with van der Waals surface area (Å²) in [4.78, 5) is 25.6. The molecule has 2 rings (SSSR count). The number of methoxy groups -OCH3 is 1. The molecule has 1 atom stereocenters. The van der Waals surface area contributed by atoms with Gasteiger partial charge >= 0.3 is 12.2 Å². The van der Waals surface area contributed by atoms with Gasteiger partial charge in [-0.3, -0.25) is 0 Å². The van der Waals surface area contributed by atoms with Gasteiger partial charge in [0.1, 0.15) is 18.0 Å². The number of amides is 2. The maximum absolute atomic E-state index is 12.6. The van der Waals surface area contributed by atoms with Gasteiger partial charge in [-0.25, -0.2) is 9.59 Å². The van der Waals surface area contributed by atoms with Crippen molar-refractivity contribution < 1.29 is 23.8 Å². The van der Waals surface area contributed by atoms with Crippen LogP contribution >= 0.6 is 11.6 Å². The van der Waals surface area contributed by atoms with Crippen LogP contribution in [0.3, 0.4) is 0 Å². The largest absolute Gasteiger partial charge is 0.490 e. The first-order valence-electron chi connectivity index (χ1n) is 10.9. The van der Waals surface area contributed by atoms with Gasteiger partial charge < -0.3 is 19.9 Å². The number of halogens is 1. The Morgan fingerprint density at radius 3 is 2.35 bits per heavy atom. The molecular weight excluding hydrogens is 460 g/mol. The lowest BCUT2D eigenvalue weighted by atomic mass is 9.93. The van der Waals surface area contributed by atoms with Gasteiger partial charge in [-0.15, -0.1) is 5.10 Å². The molecule has 0 aliphatic carbocycles. The second-order valence-electron chi connectivity index (χ2n) is 9.77. The lowest BCUT2D eigenvalue weighted by Crippen LogP contribution is -2.43. The molecule has 9 nitrogen and oxygen atoms in total. The third kappa shape index (κ3) is 7.85. The van der Waals surface area contributed by atoms with Gasteiger partial charge in [0.05, 0.1) is 18.3 Å². The maximum Gasteiger partial charge on any atom is 0.425 e. The van der Waals surface area contributed by atoms with Crippen LogP contribution in [0.5, 0.6) is 5.75 Å². The molecule has 0 saturated heterocycles. The summed E-state index contributed by atoms with van der Waals surface area (Å²) < 4.78 is 15.9. The lowest BCUT2D eigenvalue weighted by molar-refractivity contribution is 0.0574. The predicted octanol–water partition coefficient (Wildman–Crippen LogP) is 5.45. The number of nitrogens with zero attached hydrogens (tertiary/aromatic N) is 3. The topological polar surface area (TPSA) is 117 Å². The van der Waals surface area contributed by atoms with Crippen molar-refractivity contribution in [2.24, 2.45) is 11.7 Å². The highest BCUT2D eigenvalue weighted by molar-refractivity contribution is 6.32. The fraction of sp³-hybridized carbons (Fsp3) is 0.500. The Bertz CT molecular complexity index is 1020. The molecule has 1 heterocycles. The zero-order chi connectivity index (χ0) is 25.7. The summed E-state index contributed by atoms with van der Waals surface area (Å²) >= 11 is 6.45. The smallest absolute Gasteiger partial charge is 0.425 e. The van der Waals surface area contributed by atoms with Gasteiger partial charge in [-0.05, 0) is 63.8 Å². The van der Waals surface area contributed by atoms with E-state index >= 15 is 0 Å². The number of imide groups is 1. The quantitative estimate of drug-likeness (QED) is 0.542. The zero-order valence-electron chi connectivity index (χ0n) is 20.7. The van der Waals surface area contributed by atoms with Crippen molar-refractivity contribution in [2.45, 2.75) is 59.1 Å². The third-order valence-corrected chi connectivity index (χ3v) is 4.80. The van der Waals surface area contributed by atoms with E-state index in [4.69, 9.17) is 31.5 Å². The van der Waals surface area contributed by atoms with Crippen LogP contribution in [-0.2, 0) is 9.47 Å². The summed E-state index contributed by atoms with van der Waals surface area (Å²) in [5.41, 5.74) is 6.25. The molecule has 0 aliphatic heterocycles. The van der Waals surface area contributed by atoms with Crippen LogP contribution < -0.4 is 15.4 Å². The van der Waals surface area contributed by atoms with Crippen LogP contribution in [0.4, 0.5) is 15.4 Å². The SMILES string of the molecule is COC(=O)N(C(=O)OC(C)(C)C)c1cc(-c2ccc(OCC(C)(N)CC(C)C)c(Cl)c2)cnn1. The minimum Gasteiger partial charge on any atom is -0.490 e. The molecule has 10 heteroatoms. The number of anilines is 1. The number of aromatic nitrogens is 2. The van der Waals surface area contributed by atoms with Crippen LogP contribution in [0.15, 0.2) is 30.5 Å². The Balaban J connectivity index is 2.29. The first kappa shape index (κ1) is 27.3. The normalized spacial score (nSPS) is 13.2. The fourth-order valence-electron chi connectivity index (χ4n) is 3.31. The van der Waals surface area contributed by atoms with Crippen LogP contribution in [0, 0.1) is 5.92 Å². The van der Waals surface area contributed by atoms with Crippen molar-refractivity contribution in [3.63, 3.8) is 0 Å². The predicted molar refractivity (Wildman–Crippen MR) is 131 cm³/mol. The monoisotopic (exact) mass is 492 g/mol. The molecular formula is C24H33ClN4O5. The second kappa shape index (κ2) is 11.0. The number of carbonyl (C=O) groups is 2. The third-order valence-electron chi connectivity index (χ3n) is 4.50.